The number of imidazole rings is 1. The number of aromatic amines is 1. The van der Waals surface area contributed by atoms with Crippen LogP contribution in [0.15, 0.2) is 11.1 Å². The third kappa shape index (κ3) is 1.97. The van der Waals surface area contributed by atoms with Crippen LogP contribution in [0.1, 0.15) is 27.3 Å². The van der Waals surface area contributed by atoms with E-state index in [9.17, 15) is 4.79 Å². The Morgan fingerprint density at radius 2 is 2.55 bits per heavy atom. The highest BCUT2D eigenvalue weighted by Gasteiger charge is 2.36. The van der Waals surface area contributed by atoms with E-state index in [1.165, 1.54) is 13.4 Å². The molecule has 0 amide bonds. The molecule has 2 aromatic heterocycles. The van der Waals surface area contributed by atoms with Crippen molar-refractivity contribution in [3.05, 3.63) is 16.7 Å². The van der Waals surface area contributed by atoms with Crippen LogP contribution in [0, 0.1) is 0 Å². The van der Waals surface area contributed by atoms with Gasteiger partial charge in [-0.15, -0.1) is 0 Å². The molecule has 0 bridgehead atoms. The average molecular weight is 281 g/mol. The zero-order valence-electron chi connectivity index (χ0n) is 12.2. The summed E-state index contributed by atoms with van der Waals surface area (Å²) in [5.41, 5.74) is 5.69. The maximum atomic E-state index is 11.8. The summed E-state index contributed by atoms with van der Waals surface area (Å²) < 4.78 is 21.0. The van der Waals surface area contributed by atoms with Gasteiger partial charge in [0.05, 0.1) is 12.4 Å². The second-order valence-corrected chi connectivity index (χ2v) is 4.64. The van der Waals surface area contributed by atoms with Gasteiger partial charge in [0.15, 0.2) is 17.4 Å². The standard InChI is InChI=1S/C12H17N5O3/c1-3-6-4-7(19-2)11(20-6)17-5-14-8-9(17)15-12(13)16-10(8)18/h5-7,11H,3-4H2,1-2H3,(H3,13,15,16,18)/t6-,7?,11-/m1/s1/i4T/t4?,6-,7?,11-. The van der Waals surface area contributed by atoms with E-state index in [2.05, 4.69) is 15.0 Å². The molecule has 2 aromatic rings. The maximum absolute atomic E-state index is 11.8. The Bertz CT molecular complexity index is 714. The number of hydrogen-bond donors (Lipinski definition) is 2. The molecule has 8 nitrogen and oxygen atoms in total. The van der Waals surface area contributed by atoms with E-state index >= 15 is 0 Å². The number of anilines is 1. The summed E-state index contributed by atoms with van der Waals surface area (Å²) in [6, 6.07) is 0. The van der Waals surface area contributed by atoms with Crippen LogP contribution in [0.25, 0.3) is 11.2 Å². The van der Waals surface area contributed by atoms with Crippen molar-refractivity contribution in [3.63, 3.8) is 0 Å². The van der Waals surface area contributed by atoms with Gasteiger partial charge in [-0.25, -0.2) is 4.98 Å². The van der Waals surface area contributed by atoms with E-state index in [1.807, 2.05) is 6.92 Å². The van der Waals surface area contributed by atoms with Crippen molar-refractivity contribution in [2.24, 2.45) is 0 Å². The molecule has 4 atom stereocenters. The Kier molecular flexibility index (Phi) is 2.89. The monoisotopic (exact) mass is 281 g/mol. The highest BCUT2D eigenvalue weighted by molar-refractivity contribution is 5.70. The molecule has 3 heterocycles. The molecule has 2 unspecified atom stereocenters. The molecule has 108 valence electrons. The van der Waals surface area contributed by atoms with Gasteiger partial charge in [-0.3, -0.25) is 14.3 Å². The van der Waals surface area contributed by atoms with Crippen LogP contribution in [-0.2, 0) is 9.47 Å². The smallest absolute Gasteiger partial charge is 0.280 e. The van der Waals surface area contributed by atoms with Crippen molar-refractivity contribution < 1.29 is 10.8 Å². The molecule has 0 spiro atoms. The van der Waals surface area contributed by atoms with Gasteiger partial charge in [0, 0.05) is 14.9 Å². The molecule has 1 aliphatic heterocycles. The largest absolute Gasteiger partial charge is 0.377 e. The number of aromatic nitrogens is 4. The van der Waals surface area contributed by atoms with Gasteiger partial charge in [-0.2, -0.15) is 4.98 Å². The minimum Gasteiger partial charge on any atom is -0.377 e. The third-order valence-corrected chi connectivity index (χ3v) is 3.40. The van der Waals surface area contributed by atoms with Crippen molar-refractivity contribution in [1.82, 2.24) is 19.5 Å². The van der Waals surface area contributed by atoms with Crippen LogP contribution < -0.4 is 11.3 Å². The number of methoxy groups -OCH3 is 1. The fourth-order valence-electron chi connectivity index (χ4n) is 2.39. The van der Waals surface area contributed by atoms with E-state index in [4.69, 9.17) is 16.6 Å². The Morgan fingerprint density at radius 1 is 1.75 bits per heavy atom. The zero-order valence-corrected chi connectivity index (χ0v) is 11.2. The average Bonchev–Trinajstić information content (AvgIpc) is 2.99. The molecule has 1 saturated heterocycles. The number of H-pyrrole nitrogens is 1. The van der Waals surface area contributed by atoms with Crippen LogP contribution in [0.3, 0.4) is 0 Å². The molecule has 0 aromatic carbocycles. The Balaban J connectivity index is 2.10. The van der Waals surface area contributed by atoms with Crippen LogP contribution in [0.2, 0.25) is 0 Å². The van der Waals surface area contributed by atoms with E-state index < -0.39 is 24.3 Å². The van der Waals surface area contributed by atoms with Crippen molar-refractivity contribution in [1.29, 1.82) is 0 Å². The van der Waals surface area contributed by atoms with Crippen molar-refractivity contribution in [2.75, 3.05) is 12.8 Å². The lowest BCUT2D eigenvalue weighted by Crippen LogP contribution is -2.22. The predicted molar refractivity (Wildman–Crippen MR) is 72.2 cm³/mol. The molecule has 3 rings (SSSR count). The van der Waals surface area contributed by atoms with E-state index in [0.29, 0.717) is 12.1 Å². The first-order chi connectivity index (χ1) is 10.1. The van der Waals surface area contributed by atoms with Gasteiger partial charge >= 0.3 is 0 Å². The number of ether oxygens (including phenoxy) is 2. The van der Waals surface area contributed by atoms with Crippen molar-refractivity contribution >= 4 is 17.1 Å². The topological polar surface area (TPSA) is 108 Å². The quantitative estimate of drug-likeness (QED) is 0.843. The molecule has 20 heavy (non-hydrogen) atoms. The molecular formula is C12H17N5O3. The number of hydrogen-bond acceptors (Lipinski definition) is 6. The highest BCUT2D eigenvalue weighted by Crippen LogP contribution is 2.33. The normalized spacial score (nSPS) is 30.8. The summed E-state index contributed by atoms with van der Waals surface area (Å²) in [4.78, 5) is 22.4. The minimum absolute atomic E-state index is 0.00989. The lowest BCUT2D eigenvalue weighted by molar-refractivity contribution is -0.0480. The maximum Gasteiger partial charge on any atom is 0.280 e. The Labute approximate surface area is 116 Å². The summed E-state index contributed by atoms with van der Waals surface area (Å²) in [6.45, 7) is 1.95. The number of nitrogen functional groups attached to an aromatic ring is 1. The summed E-state index contributed by atoms with van der Waals surface area (Å²) in [5.74, 6) is 0.00989. The van der Waals surface area contributed by atoms with E-state index in [0.717, 1.165) is 0 Å². The van der Waals surface area contributed by atoms with Gasteiger partial charge < -0.3 is 15.2 Å². The lowest BCUT2D eigenvalue weighted by atomic mass is 10.1. The summed E-state index contributed by atoms with van der Waals surface area (Å²) in [5, 5.41) is 0. The Hall–Kier alpha value is -1.93. The first-order valence-electron chi connectivity index (χ1n) is 6.97. The SMILES string of the molecule is [3H]C1C(OC)[C@H](n2cnc3c(=O)[nH]c(N)nc32)O[C@@H]1CC. The molecule has 1 aliphatic rings. The fourth-order valence-corrected chi connectivity index (χ4v) is 2.39. The third-order valence-electron chi connectivity index (χ3n) is 3.40. The van der Waals surface area contributed by atoms with Gasteiger partial charge in [0.25, 0.3) is 5.56 Å². The first-order valence-corrected chi connectivity index (χ1v) is 6.39. The summed E-state index contributed by atoms with van der Waals surface area (Å²) in [7, 11) is 1.54. The van der Waals surface area contributed by atoms with Crippen molar-refractivity contribution in [2.45, 2.75) is 38.2 Å². The molecule has 1 fully saturated rings. The van der Waals surface area contributed by atoms with Crippen LogP contribution in [0.4, 0.5) is 5.95 Å². The van der Waals surface area contributed by atoms with Gasteiger partial charge in [0.1, 0.15) is 6.10 Å². The minimum atomic E-state index is -0.554. The molecule has 3 N–H and O–H groups in total. The zero-order chi connectivity index (χ0) is 15.1. The van der Waals surface area contributed by atoms with Crippen molar-refractivity contribution in [3.8, 4) is 0 Å². The van der Waals surface area contributed by atoms with Crippen LogP contribution in [-0.4, -0.2) is 38.8 Å². The van der Waals surface area contributed by atoms with Crippen LogP contribution in [0.5, 0.6) is 0 Å². The number of nitrogens with one attached hydrogen (secondary N) is 1. The second-order valence-electron chi connectivity index (χ2n) is 4.64. The number of rotatable bonds is 3. The number of fused-ring (bicyclic) bond motifs is 1. The molecular weight excluding hydrogens is 262 g/mol. The second kappa shape index (κ2) is 4.88. The molecule has 0 radical (unpaired) electrons. The van der Waals surface area contributed by atoms with Gasteiger partial charge in [-0.1, -0.05) is 6.92 Å². The Morgan fingerprint density at radius 3 is 3.25 bits per heavy atom. The molecule has 8 heteroatoms. The number of nitrogens with two attached hydrogens (primary N) is 1. The van der Waals surface area contributed by atoms with E-state index in [-0.39, 0.29) is 17.6 Å². The first kappa shape index (κ1) is 11.9. The number of nitrogens with zero attached hydrogens (tertiary/aromatic N) is 3. The van der Waals surface area contributed by atoms with Gasteiger partial charge in [0.2, 0.25) is 5.95 Å². The van der Waals surface area contributed by atoms with Gasteiger partial charge in [-0.05, 0) is 6.42 Å². The predicted octanol–water partition coefficient (Wildman–Crippen LogP) is 0.414. The fraction of sp³-hybridized carbons (Fsp3) is 0.583. The molecule has 0 saturated carbocycles. The molecule has 0 aliphatic carbocycles. The highest BCUT2D eigenvalue weighted by atomic mass is 16.6. The van der Waals surface area contributed by atoms with E-state index in [1.54, 1.807) is 4.57 Å². The lowest BCUT2D eigenvalue weighted by Gasteiger charge is -2.18. The van der Waals surface area contributed by atoms with Crippen LogP contribution >= 0.6 is 0 Å². The summed E-state index contributed by atoms with van der Waals surface area (Å²) >= 11 is 0. The summed E-state index contributed by atoms with van der Waals surface area (Å²) in [6.07, 6.45) is 0.399.